The molecule has 0 amide bonds. The van der Waals surface area contributed by atoms with Gasteiger partial charge in [0.25, 0.3) is 0 Å². The smallest absolute Gasteiger partial charge is 0.194 e. The minimum atomic E-state index is -0.603. The number of allylic oxidation sites excluding steroid dienone is 12. The summed E-state index contributed by atoms with van der Waals surface area (Å²) in [5, 5.41) is 42.0. The van der Waals surface area contributed by atoms with E-state index >= 15 is 0 Å². The van der Waals surface area contributed by atoms with Crippen LogP contribution < -0.4 is 0 Å². The number of hydrogen-bond acceptors (Lipinski definition) is 16. The van der Waals surface area contributed by atoms with Gasteiger partial charge in [0, 0.05) is 116 Å². The van der Waals surface area contributed by atoms with Crippen LogP contribution in [0.2, 0.25) is 0 Å². The average Bonchev–Trinajstić information content (AvgIpc) is 1.53. The molecule has 5 aliphatic rings. The van der Waals surface area contributed by atoms with Crippen molar-refractivity contribution in [3.05, 3.63) is 240 Å². The Morgan fingerprint density at radius 3 is 1.34 bits per heavy atom. The van der Waals surface area contributed by atoms with Crippen LogP contribution in [0, 0.1) is 50.7 Å². The van der Waals surface area contributed by atoms with Gasteiger partial charge >= 0.3 is 0 Å². The Morgan fingerprint density at radius 2 is 0.864 bits per heavy atom. The first-order valence-corrected chi connectivity index (χ1v) is 44.9. The number of fused-ring (bicyclic) bond motifs is 8. The Morgan fingerprint density at radius 1 is 0.447 bits per heavy atom. The van der Waals surface area contributed by atoms with Crippen LogP contribution >= 0.6 is 115 Å². The molecule has 6 nitrogen and oxygen atoms in total. The molecule has 0 spiro atoms. The third-order valence-electron chi connectivity index (χ3n) is 19.9. The lowest BCUT2D eigenvalue weighted by Gasteiger charge is -2.35. The summed E-state index contributed by atoms with van der Waals surface area (Å²) in [7, 11) is 0. The summed E-state index contributed by atoms with van der Waals surface area (Å²) in [5.74, 6) is 1.05. The molecule has 0 aliphatic heterocycles. The summed E-state index contributed by atoms with van der Waals surface area (Å²) >= 11 is 18.7. The van der Waals surface area contributed by atoms with Gasteiger partial charge in [-0.25, -0.2) is 0 Å². The number of thiophene rings is 6. The van der Waals surface area contributed by atoms with Crippen molar-refractivity contribution in [1.82, 2.24) is 0 Å². The van der Waals surface area contributed by atoms with E-state index in [0.717, 1.165) is 81.4 Å². The van der Waals surface area contributed by atoms with Crippen LogP contribution in [0.1, 0.15) is 235 Å². The lowest BCUT2D eigenvalue weighted by molar-refractivity contribution is 0.103. The van der Waals surface area contributed by atoms with Crippen molar-refractivity contribution in [1.29, 1.82) is 21.0 Å². The molecule has 6 heterocycles. The van der Waals surface area contributed by atoms with Gasteiger partial charge in [-0.05, 0) is 158 Å². The number of hydrogen-bond donors (Lipinski definition) is 0. The summed E-state index contributed by atoms with van der Waals surface area (Å²) < 4.78 is 4.94. The van der Waals surface area contributed by atoms with Crippen molar-refractivity contribution in [3.63, 3.8) is 0 Å². The first kappa shape index (κ1) is 74.5. The molecule has 2 atom stereocenters. The second kappa shape index (κ2) is 34.7. The lowest BCUT2D eigenvalue weighted by Crippen LogP contribution is -2.22. The molecule has 0 saturated carbocycles. The van der Waals surface area contributed by atoms with Crippen LogP contribution in [0.3, 0.4) is 0 Å². The molecule has 13 rings (SSSR count). The SMILES string of the molecule is CCCCCCc1ccc(CS/C(Sc2ccc(CCCCCC)s2)=C2\C3=CC4c5sc(/C=C6\C(=O)c7ccccc7C6=C(C#N)C#N)cc5/C(=C(\SCc5ccc(CCCCCC)s5)Sc5ccc(CCCCCC)s5)C4(C)C=C3c3sc(/C=C4\C(=O)c5ccccc5C4=C(C#N)C#N)cc32)s1. The van der Waals surface area contributed by atoms with E-state index in [-0.39, 0.29) is 28.6 Å². The van der Waals surface area contributed by atoms with Crippen LogP contribution in [0.25, 0.3) is 40.0 Å². The quantitative estimate of drug-likeness (QED) is 0.0174. The third kappa shape index (κ3) is 16.2. The zero-order valence-electron chi connectivity index (χ0n) is 59.0. The Hall–Kier alpha value is -6.74. The maximum Gasteiger partial charge on any atom is 0.194 e. The van der Waals surface area contributed by atoms with E-state index in [1.807, 2.05) is 141 Å². The zero-order chi connectivity index (χ0) is 71.6. The fraction of sp³-hybridized carbons (Fsp3) is 0.333. The number of aryl methyl sites for hydroxylation is 4. The van der Waals surface area contributed by atoms with Crippen LogP contribution in [-0.4, -0.2) is 11.6 Å². The summed E-state index contributed by atoms with van der Waals surface area (Å²) in [4.78, 5) is 41.9. The molecule has 6 aromatic heterocycles. The summed E-state index contributed by atoms with van der Waals surface area (Å²) in [6.45, 7) is 11.5. The minimum Gasteiger partial charge on any atom is -0.289 e. The topological polar surface area (TPSA) is 129 Å². The number of benzene rings is 2. The summed E-state index contributed by atoms with van der Waals surface area (Å²) in [5.41, 5.74) is 9.89. The molecule has 0 bridgehead atoms. The molecule has 0 N–H and O–H groups in total. The molecule has 0 fully saturated rings. The fourth-order valence-electron chi connectivity index (χ4n) is 14.7. The second-order valence-corrected chi connectivity index (χ2v) is 39.2. The maximum absolute atomic E-state index is 14.8. The molecule has 0 radical (unpaired) electrons. The van der Waals surface area contributed by atoms with Crippen molar-refractivity contribution >= 4 is 167 Å². The summed E-state index contributed by atoms with van der Waals surface area (Å²) in [6.07, 6.45) is 32.7. The normalized spacial score (nSPS) is 17.9. The molecule has 8 aromatic rings. The van der Waals surface area contributed by atoms with Crippen LogP contribution in [0.15, 0.2) is 166 Å². The maximum atomic E-state index is 14.8. The fourth-order valence-corrected chi connectivity index (χ4v) is 27.3. The average molecular weight is 1540 g/mol. The highest BCUT2D eigenvalue weighted by Gasteiger charge is 2.52. The highest BCUT2D eigenvalue weighted by Crippen LogP contribution is 2.69. The summed E-state index contributed by atoms with van der Waals surface area (Å²) in [6, 6.07) is 46.5. The standard InChI is InChI=1S/C87H82N4O2S10/c1-6-10-14-18-26-56-34-36-60(96-56)52-94-85(102-75-40-38-58(98-75)28-20-16-12-8-3)79-68-46-74-84-72(45-63(101-84)43-70-78(55(50-90)51-91)65-31-23-25-33-67(65)82(70)93)80(86(103-76-41-39-59(99-76)29-21-17-13-9-4)95-53-61-37-35-57(97-61)27-19-15-11-7-2)87(74,5)47-73(68)83-71(79)44-62(100-83)42-69-77(54(48-88)49-89)64-30-22-24-32-66(64)81(69)92/h22-25,30-47,74H,6-21,26-29,52-53H2,1-5H3/b69-42-,70-43-,85-79-,86-80-. The van der Waals surface area contributed by atoms with E-state index in [4.69, 9.17) is 0 Å². The number of carbonyl (C=O) groups excluding carboxylic acids is 2. The van der Waals surface area contributed by atoms with Crippen molar-refractivity contribution in [2.75, 3.05) is 0 Å². The molecule has 522 valence electrons. The number of nitriles is 4. The highest BCUT2D eigenvalue weighted by atomic mass is 32.2. The van der Waals surface area contributed by atoms with Crippen LogP contribution in [0.5, 0.6) is 0 Å². The molecular weight excluding hydrogens is 1450 g/mol. The van der Waals surface area contributed by atoms with Crippen molar-refractivity contribution in [2.24, 2.45) is 5.41 Å². The first-order valence-electron chi connectivity index (χ1n) is 36.4. The van der Waals surface area contributed by atoms with Crippen LogP contribution in [0.4, 0.5) is 0 Å². The van der Waals surface area contributed by atoms with Gasteiger partial charge in [0.05, 0.1) is 16.9 Å². The Bertz CT molecular complexity index is 4990. The van der Waals surface area contributed by atoms with E-state index in [1.165, 1.54) is 158 Å². The van der Waals surface area contributed by atoms with Crippen LogP contribution in [-0.2, 0) is 37.2 Å². The van der Waals surface area contributed by atoms with Gasteiger partial charge in [-0.2, -0.15) is 21.0 Å². The van der Waals surface area contributed by atoms with Gasteiger partial charge in [-0.1, -0.05) is 196 Å². The Labute approximate surface area is 649 Å². The van der Waals surface area contributed by atoms with Gasteiger partial charge in [-0.15, -0.1) is 91.5 Å². The minimum absolute atomic E-state index is 0.0811. The largest absolute Gasteiger partial charge is 0.289 e. The van der Waals surface area contributed by atoms with Crippen molar-refractivity contribution in [2.45, 2.75) is 189 Å². The molecule has 2 unspecified atom stereocenters. The van der Waals surface area contributed by atoms with Crippen molar-refractivity contribution in [3.8, 4) is 24.3 Å². The number of unbranched alkanes of at least 4 members (excludes halogenated alkanes) is 12. The van der Waals surface area contributed by atoms with E-state index in [1.54, 1.807) is 34.8 Å². The molecule has 16 heteroatoms. The van der Waals surface area contributed by atoms with E-state index in [2.05, 4.69) is 132 Å². The number of thioether (sulfide) groups is 4. The molecule has 0 saturated heterocycles. The Kier molecular flexibility index (Phi) is 25.1. The molecular formula is C87H82N4O2S10. The van der Waals surface area contributed by atoms with Gasteiger partial charge in [0.15, 0.2) is 11.6 Å². The van der Waals surface area contributed by atoms with Gasteiger partial charge in [-0.3, -0.25) is 9.59 Å². The predicted molar refractivity (Wildman–Crippen MR) is 446 cm³/mol. The lowest BCUT2D eigenvalue weighted by atomic mass is 9.70. The van der Waals surface area contributed by atoms with Gasteiger partial charge in [0.1, 0.15) is 35.4 Å². The number of nitrogens with zero attached hydrogens (tertiary/aromatic N) is 4. The van der Waals surface area contributed by atoms with E-state index in [9.17, 15) is 30.6 Å². The monoisotopic (exact) mass is 1530 g/mol. The van der Waals surface area contributed by atoms with E-state index < -0.39 is 5.41 Å². The number of Topliss-reactive ketones (excluding diaryl/α,β-unsaturated/α-hetero) is 2. The highest BCUT2D eigenvalue weighted by molar-refractivity contribution is 8.23. The number of ketones is 2. The van der Waals surface area contributed by atoms with Gasteiger partial charge in [0.2, 0.25) is 0 Å². The van der Waals surface area contributed by atoms with Gasteiger partial charge < -0.3 is 0 Å². The Balaban J connectivity index is 1.02. The zero-order valence-corrected chi connectivity index (χ0v) is 67.2. The molecule has 2 aromatic carbocycles. The number of carbonyl (C=O) groups is 2. The van der Waals surface area contributed by atoms with Crippen molar-refractivity contribution < 1.29 is 9.59 Å². The number of rotatable bonds is 32. The second-order valence-electron chi connectivity index (χ2n) is 27.1. The molecule has 5 aliphatic carbocycles. The third-order valence-corrected chi connectivity index (χ3v) is 32.2. The molecule has 103 heavy (non-hydrogen) atoms. The first-order chi connectivity index (χ1) is 50.4. The predicted octanol–water partition coefficient (Wildman–Crippen LogP) is 27.6. The van der Waals surface area contributed by atoms with E-state index in [0.29, 0.717) is 44.5 Å².